The minimum Gasteiger partial charge on any atom is -0.376 e. The van der Waals surface area contributed by atoms with Crippen LogP contribution in [0.1, 0.15) is 52.2 Å². The van der Waals surface area contributed by atoms with Crippen LogP contribution in [-0.2, 0) is 37.2 Å². The Morgan fingerprint density at radius 1 is 0.789 bits per heavy atom. The molecule has 0 aromatic heterocycles. The van der Waals surface area contributed by atoms with E-state index in [-0.39, 0.29) is 30.9 Å². The van der Waals surface area contributed by atoms with Gasteiger partial charge in [0, 0.05) is 7.05 Å². The Hall–Kier alpha value is -3.23. The van der Waals surface area contributed by atoms with Crippen molar-refractivity contribution in [2.24, 2.45) is 23.2 Å². The van der Waals surface area contributed by atoms with Crippen LogP contribution in [0.5, 0.6) is 0 Å². The fourth-order valence-electron chi connectivity index (χ4n) is 4.12. The van der Waals surface area contributed by atoms with Gasteiger partial charge < -0.3 is 15.4 Å². The van der Waals surface area contributed by atoms with Gasteiger partial charge in [-0.15, -0.1) is 0 Å². The monoisotopic (exact) mass is 525 g/mol. The number of ether oxygens (including phenoxy) is 1. The van der Waals surface area contributed by atoms with Gasteiger partial charge in [-0.25, -0.2) is 5.48 Å². The maximum Gasteiger partial charge on any atom is 0.249 e. The first kappa shape index (κ1) is 31.0. The average Bonchev–Trinajstić information content (AvgIpc) is 2.88. The first-order valence-corrected chi connectivity index (χ1v) is 13.1. The van der Waals surface area contributed by atoms with Gasteiger partial charge in [-0.1, -0.05) is 95.3 Å². The van der Waals surface area contributed by atoms with E-state index in [1.54, 1.807) is 0 Å². The van der Waals surface area contributed by atoms with Crippen molar-refractivity contribution in [1.29, 1.82) is 0 Å². The summed E-state index contributed by atoms with van der Waals surface area (Å²) in [6, 6.07) is 18.3. The predicted molar refractivity (Wildman–Crippen MR) is 147 cm³/mol. The molecule has 0 spiro atoms. The zero-order valence-corrected chi connectivity index (χ0v) is 23.5. The standard InChI is InChI=1S/C30H43N3O5/c1-21(2)17-24(27(34)32-26(29(36)31-6)30(3,4)5)25(20-37-18-22-13-9-7-10-14-22)28(35)33-38-19-23-15-11-8-12-16-23/h7-16,21,24-26H,17-20H2,1-6H3,(H,31,36)(H,32,34)(H,33,35)/t24-,25+,26-/m1/s1. The lowest BCUT2D eigenvalue weighted by molar-refractivity contribution is -0.148. The molecule has 0 bridgehead atoms. The zero-order chi connectivity index (χ0) is 28.1. The zero-order valence-electron chi connectivity index (χ0n) is 23.5. The Bertz CT molecular complexity index is 1010. The first-order chi connectivity index (χ1) is 18.0. The van der Waals surface area contributed by atoms with Gasteiger partial charge in [0.05, 0.1) is 31.7 Å². The van der Waals surface area contributed by atoms with Crippen LogP contribution in [0.15, 0.2) is 60.7 Å². The van der Waals surface area contributed by atoms with Crippen LogP contribution in [0, 0.1) is 23.2 Å². The molecule has 2 rings (SSSR count). The Labute approximate surface area is 226 Å². The third-order valence-corrected chi connectivity index (χ3v) is 6.21. The summed E-state index contributed by atoms with van der Waals surface area (Å²) in [4.78, 5) is 45.2. The molecule has 0 radical (unpaired) electrons. The van der Waals surface area contributed by atoms with Crippen molar-refractivity contribution in [2.75, 3.05) is 13.7 Å². The van der Waals surface area contributed by atoms with Gasteiger partial charge in [0.2, 0.25) is 17.7 Å². The summed E-state index contributed by atoms with van der Waals surface area (Å²) in [7, 11) is 1.54. The topological polar surface area (TPSA) is 106 Å². The van der Waals surface area contributed by atoms with Crippen molar-refractivity contribution >= 4 is 17.7 Å². The molecule has 2 aromatic rings. The van der Waals surface area contributed by atoms with Crippen molar-refractivity contribution in [3.8, 4) is 0 Å². The molecule has 3 amide bonds. The van der Waals surface area contributed by atoms with E-state index < -0.39 is 29.2 Å². The minimum absolute atomic E-state index is 0.0143. The molecule has 0 fully saturated rings. The Kier molecular flexibility index (Phi) is 12.4. The second kappa shape index (κ2) is 15.2. The number of nitrogens with one attached hydrogen (secondary N) is 3. The Morgan fingerprint density at radius 2 is 1.34 bits per heavy atom. The number of hydrogen-bond acceptors (Lipinski definition) is 5. The molecular formula is C30H43N3O5. The van der Waals surface area contributed by atoms with Gasteiger partial charge in [0.25, 0.3) is 0 Å². The molecule has 0 aliphatic rings. The molecule has 0 saturated heterocycles. The van der Waals surface area contributed by atoms with Crippen LogP contribution >= 0.6 is 0 Å². The van der Waals surface area contributed by atoms with Gasteiger partial charge >= 0.3 is 0 Å². The molecule has 3 N–H and O–H groups in total. The van der Waals surface area contributed by atoms with Crippen LogP contribution in [0.2, 0.25) is 0 Å². The lowest BCUT2D eigenvalue weighted by atomic mass is 9.82. The van der Waals surface area contributed by atoms with Gasteiger partial charge in [-0.05, 0) is 28.9 Å². The van der Waals surface area contributed by atoms with E-state index in [0.717, 1.165) is 11.1 Å². The van der Waals surface area contributed by atoms with Crippen LogP contribution < -0.4 is 16.1 Å². The number of benzene rings is 2. The molecular weight excluding hydrogens is 482 g/mol. The van der Waals surface area contributed by atoms with Crippen LogP contribution in [-0.4, -0.2) is 37.4 Å². The van der Waals surface area contributed by atoms with Gasteiger partial charge in [0.15, 0.2) is 0 Å². The van der Waals surface area contributed by atoms with Crippen LogP contribution in [0.25, 0.3) is 0 Å². The number of hydroxylamine groups is 1. The molecule has 2 aromatic carbocycles. The number of likely N-dealkylation sites (N-methyl/N-ethyl adjacent to an activating group) is 1. The van der Waals surface area contributed by atoms with E-state index >= 15 is 0 Å². The molecule has 0 aliphatic carbocycles. The van der Waals surface area contributed by atoms with E-state index in [0.29, 0.717) is 13.0 Å². The highest BCUT2D eigenvalue weighted by Gasteiger charge is 2.39. The molecule has 0 saturated carbocycles. The third kappa shape index (κ3) is 10.3. The first-order valence-electron chi connectivity index (χ1n) is 13.1. The largest absolute Gasteiger partial charge is 0.376 e. The lowest BCUT2D eigenvalue weighted by Gasteiger charge is -2.33. The normalized spacial score (nSPS) is 13.9. The molecule has 0 aliphatic heterocycles. The molecule has 208 valence electrons. The second-order valence-electron chi connectivity index (χ2n) is 11.0. The van der Waals surface area contributed by atoms with E-state index in [1.165, 1.54) is 7.05 Å². The highest BCUT2D eigenvalue weighted by atomic mass is 16.7. The number of rotatable bonds is 14. The highest BCUT2D eigenvalue weighted by molar-refractivity contribution is 5.91. The summed E-state index contributed by atoms with van der Waals surface area (Å²) < 4.78 is 5.95. The van der Waals surface area contributed by atoms with E-state index in [9.17, 15) is 14.4 Å². The molecule has 8 heteroatoms. The van der Waals surface area contributed by atoms with E-state index in [2.05, 4.69) is 16.1 Å². The van der Waals surface area contributed by atoms with Crippen molar-refractivity contribution in [3.05, 3.63) is 71.8 Å². The average molecular weight is 526 g/mol. The Morgan fingerprint density at radius 3 is 1.84 bits per heavy atom. The summed E-state index contributed by atoms with van der Waals surface area (Å²) in [6.45, 7) is 10.1. The molecule has 3 atom stereocenters. The van der Waals surface area contributed by atoms with Crippen LogP contribution in [0.4, 0.5) is 0 Å². The van der Waals surface area contributed by atoms with Crippen LogP contribution in [0.3, 0.4) is 0 Å². The quantitative estimate of drug-likeness (QED) is 0.323. The fraction of sp³-hybridized carbons (Fsp3) is 0.500. The summed E-state index contributed by atoms with van der Waals surface area (Å²) in [5, 5.41) is 5.54. The number of carbonyl (C=O) groups excluding carboxylic acids is 3. The number of amides is 3. The maximum absolute atomic E-state index is 13.7. The van der Waals surface area contributed by atoms with Crippen molar-refractivity contribution in [1.82, 2.24) is 16.1 Å². The van der Waals surface area contributed by atoms with Crippen molar-refractivity contribution < 1.29 is 24.0 Å². The minimum atomic E-state index is -0.831. The molecule has 0 heterocycles. The highest BCUT2D eigenvalue weighted by Crippen LogP contribution is 2.26. The lowest BCUT2D eigenvalue weighted by Crippen LogP contribution is -2.56. The summed E-state index contributed by atoms with van der Waals surface area (Å²) in [5.41, 5.74) is 3.86. The predicted octanol–water partition coefficient (Wildman–Crippen LogP) is 4.01. The summed E-state index contributed by atoms with van der Waals surface area (Å²) in [6.07, 6.45) is 0.432. The maximum atomic E-state index is 13.7. The van der Waals surface area contributed by atoms with Gasteiger partial charge in [-0.3, -0.25) is 19.2 Å². The fourth-order valence-corrected chi connectivity index (χ4v) is 4.12. The van der Waals surface area contributed by atoms with E-state index in [1.807, 2.05) is 95.3 Å². The second-order valence-corrected chi connectivity index (χ2v) is 11.0. The smallest absolute Gasteiger partial charge is 0.249 e. The van der Waals surface area contributed by atoms with Gasteiger partial charge in [0.1, 0.15) is 6.04 Å². The van der Waals surface area contributed by atoms with Crippen molar-refractivity contribution in [3.63, 3.8) is 0 Å². The third-order valence-electron chi connectivity index (χ3n) is 6.21. The molecule has 8 nitrogen and oxygen atoms in total. The Balaban J connectivity index is 2.24. The van der Waals surface area contributed by atoms with E-state index in [4.69, 9.17) is 9.57 Å². The molecule has 38 heavy (non-hydrogen) atoms. The molecule has 0 unspecified atom stereocenters. The summed E-state index contributed by atoms with van der Waals surface area (Å²) >= 11 is 0. The SMILES string of the molecule is CNC(=O)[C@@H](NC(=O)[C@H](CC(C)C)[C@H](COCc1ccccc1)C(=O)NOCc1ccccc1)C(C)(C)C. The summed E-state index contributed by atoms with van der Waals surface area (Å²) in [5.74, 6) is -2.55. The number of hydrogen-bond donors (Lipinski definition) is 3. The number of carbonyl (C=O) groups is 3. The van der Waals surface area contributed by atoms with Gasteiger partial charge in [-0.2, -0.15) is 0 Å². The van der Waals surface area contributed by atoms with Crippen molar-refractivity contribution in [2.45, 2.75) is 60.3 Å².